The normalized spacial score (nSPS) is 15.7. The van der Waals surface area contributed by atoms with Crippen molar-refractivity contribution in [2.45, 2.75) is 0 Å². The molecule has 5 nitrogen and oxygen atoms in total. The molecule has 1 saturated heterocycles. The van der Waals surface area contributed by atoms with Crippen molar-refractivity contribution < 1.29 is 9.64 Å². The summed E-state index contributed by atoms with van der Waals surface area (Å²) in [6.07, 6.45) is 0. The van der Waals surface area contributed by atoms with Crippen molar-refractivity contribution in [3.63, 3.8) is 0 Å². The number of morpholine rings is 1. The van der Waals surface area contributed by atoms with Gasteiger partial charge in [-0.15, -0.1) is 0 Å². The summed E-state index contributed by atoms with van der Waals surface area (Å²) in [7, 11) is 0. The molecule has 21 heavy (non-hydrogen) atoms. The molecule has 0 bridgehead atoms. The molecular formula is C13H19Cl2N4OS+. The number of thiocarbonyl (C=S) groups is 1. The van der Waals surface area contributed by atoms with Crippen LogP contribution in [0.5, 0.6) is 0 Å². The Morgan fingerprint density at radius 2 is 1.90 bits per heavy atom. The number of rotatable bonds is 4. The molecule has 0 radical (unpaired) electrons. The third-order valence-electron chi connectivity index (χ3n) is 3.30. The Labute approximate surface area is 139 Å². The van der Waals surface area contributed by atoms with Gasteiger partial charge in [-0.3, -0.25) is 0 Å². The van der Waals surface area contributed by atoms with Gasteiger partial charge < -0.3 is 26.0 Å². The highest BCUT2D eigenvalue weighted by Gasteiger charge is 2.13. The van der Waals surface area contributed by atoms with Gasteiger partial charge in [-0.1, -0.05) is 23.2 Å². The number of nitrogens with two attached hydrogens (primary N) is 1. The molecule has 0 saturated carbocycles. The van der Waals surface area contributed by atoms with E-state index in [1.54, 1.807) is 12.1 Å². The lowest BCUT2D eigenvalue weighted by molar-refractivity contribution is -0.906. The molecule has 8 heteroatoms. The topological polar surface area (TPSA) is 63.8 Å². The van der Waals surface area contributed by atoms with Crippen LogP contribution in [0.25, 0.3) is 0 Å². The second-order valence-electron chi connectivity index (χ2n) is 4.85. The lowest BCUT2D eigenvalue weighted by atomic mass is 10.3. The Morgan fingerprint density at radius 1 is 1.29 bits per heavy atom. The summed E-state index contributed by atoms with van der Waals surface area (Å²) in [4.78, 5) is 1.52. The molecule has 1 aliphatic heterocycles. The van der Waals surface area contributed by atoms with Gasteiger partial charge in [-0.05, 0) is 24.4 Å². The Kier molecular flexibility index (Phi) is 6.32. The standard InChI is InChI=1S/C13H18Cl2N4OS/c14-10-7-9(8-11(15)12(10)16)18-13(21)17-1-2-19-3-5-20-6-4-19/h7-8H,1-6,16H2,(H2,17,18,21)/p+1. The summed E-state index contributed by atoms with van der Waals surface area (Å²) in [5, 5.41) is 7.58. The summed E-state index contributed by atoms with van der Waals surface area (Å²) in [6, 6.07) is 3.40. The van der Waals surface area contributed by atoms with Crippen LogP contribution in [-0.4, -0.2) is 44.5 Å². The van der Waals surface area contributed by atoms with Crippen LogP contribution in [0, 0.1) is 0 Å². The number of hydrogen-bond acceptors (Lipinski definition) is 3. The summed E-state index contributed by atoms with van der Waals surface area (Å²) >= 11 is 17.2. The Morgan fingerprint density at radius 3 is 2.52 bits per heavy atom. The number of anilines is 2. The fourth-order valence-corrected chi connectivity index (χ4v) is 2.80. The number of halogens is 2. The van der Waals surface area contributed by atoms with Crippen molar-refractivity contribution in [2.75, 3.05) is 50.4 Å². The van der Waals surface area contributed by atoms with Crippen molar-refractivity contribution in [1.82, 2.24) is 5.32 Å². The van der Waals surface area contributed by atoms with Crippen LogP contribution < -0.4 is 21.3 Å². The molecule has 5 N–H and O–H groups in total. The second kappa shape index (κ2) is 8.00. The fraction of sp³-hybridized carbons (Fsp3) is 0.462. The maximum Gasteiger partial charge on any atom is 0.170 e. The Hall–Kier alpha value is -0.790. The van der Waals surface area contributed by atoms with Crippen molar-refractivity contribution in [2.24, 2.45) is 0 Å². The van der Waals surface area contributed by atoms with Gasteiger partial charge in [0.25, 0.3) is 0 Å². The van der Waals surface area contributed by atoms with E-state index >= 15 is 0 Å². The highest BCUT2D eigenvalue weighted by molar-refractivity contribution is 7.80. The SMILES string of the molecule is Nc1c(Cl)cc(NC(=S)NCC[NH+]2CCOCC2)cc1Cl. The van der Waals surface area contributed by atoms with E-state index in [0.717, 1.165) is 45.1 Å². The third-order valence-corrected chi connectivity index (χ3v) is 4.17. The van der Waals surface area contributed by atoms with Gasteiger partial charge in [-0.2, -0.15) is 0 Å². The highest BCUT2D eigenvalue weighted by atomic mass is 35.5. The van der Waals surface area contributed by atoms with Crippen molar-refractivity contribution >= 4 is 51.9 Å². The van der Waals surface area contributed by atoms with E-state index in [9.17, 15) is 0 Å². The maximum atomic E-state index is 5.98. The smallest absolute Gasteiger partial charge is 0.170 e. The van der Waals surface area contributed by atoms with Crippen LogP contribution in [0.2, 0.25) is 10.0 Å². The van der Waals surface area contributed by atoms with Crippen LogP contribution in [0.4, 0.5) is 11.4 Å². The highest BCUT2D eigenvalue weighted by Crippen LogP contribution is 2.30. The zero-order chi connectivity index (χ0) is 15.2. The first-order valence-electron chi connectivity index (χ1n) is 6.77. The third kappa shape index (κ3) is 5.16. The van der Waals surface area contributed by atoms with Gasteiger partial charge in [0.15, 0.2) is 5.11 Å². The van der Waals surface area contributed by atoms with Crippen LogP contribution in [0.3, 0.4) is 0 Å². The molecule has 0 aliphatic carbocycles. The number of hydrogen-bond donors (Lipinski definition) is 4. The molecule has 2 rings (SSSR count). The van der Waals surface area contributed by atoms with Crippen molar-refractivity contribution in [3.8, 4) is 0 Å². The molecule has 0 amide bonds. The van der Waals surface area contributed by atoms with Gasteiger partial charge >= 0.3 is 0 Å². The van der Waals surface area contributed by atoms with Gasteiger partial charge in [-0.25, -0.2) is 0 Å². The quantitative estimate of drug-likeness (QED) is 0.478. The molecule has 1 fully saturated rings. The van der Waals surface area contributed by atoms with Crippen molar-refractivity contribution in [3.05, 3.63) is 22.2 Å². The van der Waals surface area contributed by atoms with E-state index in [4.69, 9.17) is 45.9 Å². The molecule has 0 unspecified atom stereocenters. The molecule has 116 valence electrons. The van der Waals surface area contributed by atoms with E-state index in [0.29, 0.717) is 20.8 Å². The molecule has 0 atom stereocenters. The lowest BCUT2D eigenvalue weighted by Gasteiger charge is -2.24. The number of benzene rings is 1. The summed E-state index contributed by atoms with van der Waals surface area (Å²) in [5.41, 5.74) is 6.78. The Balaban J connectivity index is 1.76. The van der Waals surface area contributed by atoms with E-state index in [-0.39, 0.29) is 0 Å². The van der Waals surface area contributed by atoms with Gasteiger partial charge in [0, 0.05) is 5.69 Å². The monoisotopic (exact) mass is 349 g/mol. The first-order chi connectivity index (χ1) is 10.1. The summed E-state index contributed by atoms with van der Waals surface area (Å²) in [5.74, 6) is 0. The predicted molar refractivity (Wildman–Crippen MR) is 91.5 cm³/mol. The lowest BCUT2D eigenvalue weighted by Crippen LogP contribution is -3.14. The number of nitrogens with one attached hydrogen (secondary N) is 3. The van der Waals surface area contributed by atoms with Crippen LogP contribution >= 0.6 is 35.4 Å². The predicted octanol–water partition coefficient (Wildman–Crippen LogP) is 0.777. The minimum Gasteiger partial charge on any atom is -0.396 e. The minimum absolute atomic E-state index is 0.374. The van der Waals surface area contributed by atoms with Gasteiger partial charge in [0.05, 0.1) is 42.0 Å². The Bertz CT molecular complexity index is 486. The zero-order valence-corrected chi connectivity index (χ0v) is 13.9. The van der Waals surface area contributed by atoms with Gasteiger partial charge in [0.2, 0.25) is 0 Å². The average Bonchev–Trinajstić information content (AvgIpc) is 2.46. The molecule has 0 spiro atoms. The van der Waals surface area contributed by atoms with E-state index < -0.39 is 0 Å². The average molecular weight is 350 g/mol. The largest absolute Gasteiger partial charge is 0.396 e. The van der Waals surface area contributed by atoms with Crippen LogP contribution in [0.1, 0.15) is 0 Å². The molecule has 1 aromatic carbocycles. The molecule has 1 heterocycles. The molecule has 1 aromatic rings. The minimum atomic E-state index is 0.374. The van der Waals surface area contributed by atoms with Crippen molar-refractivity contribution in [1.29, 1.82) is 0 Å². The number of nitrogen functional groups attached to an aromatic ring is 1. The maximum absolute atomic E-state index is 5.98. The molecule has 0 aromatic heterocycles. The van der Waals surface area contributed by atoms with Crippen LogP contribution in [0.15, 0.2) is 12.1 Å². The second-order valence-corrected chi connectivity index (χ2v) is 6.07. The molecular weight excluding hydrogens is 331 g/mol. The van der Waals surface area contributed by atoms with Gasteiger partial charge in [0.1, 0.15) is 13.1 Å². The fourth-order valence-electron chi connectivity index (χ4n) is 2.09. The first-order valence-corrected chi connectivity index (χ1v) is 7.93. The van der Waals surface area contributed by atoms with E-state index in [2.05, 4.69) is 10.6 Å². The van der Waals surface area contributed by atoms with E-state index in [1.165, 1.54) is 4.90 Å². The summed E-state index contributed by atoms with van der Waals surface area (Å²) in [6.45, 7) is 5.57. The van der Waals surface area contributed by atoms with E-state index in [1.807, 2.05) is 0 Å². The molecule has 1 aliphatic rings. The first kappa shape index (κ1) is 16.6. The number of quaternary nitrogens is 1. The summed E-state index contributed by atoms with van der Waals surface area (Å²) < 4.78 is 5.32. The number of ether oxygens (including phenoxy) is 1. The zero-order valence-electron chi connectivity index (χ0n) is 11.5. The van der Waals surface area contributed by atoms with Crippen LogP contribution in [-0.2, 0) is 4.74 Å².